The van der Waals surface area contributed by atoms with E-state index >= 15 is 8.78 Å². The van der Waals surface area contributed by atoms with Crippen molar-refractivity contribution in [2.24, 2.45) is 20.0 Å². The second-order valence-electron chi connectivity index (χ2n) is 9.06. The van der Waals surface area contributed by atoms with Crippen LogP contribution in [0.5, 0.6) is 0 Å². The van der Waals surface area contributed by atoms with Gasteiger partial charge in [0.15, 0.2) is 52.4 Å². The molecule has 12 nitrogen and oxygen atoms in total. The second kappa shape index (κ2) is 11.0. The maximum absolute atomic E-state index is 15.2. The van der Waals surface area contributed by atoms with Gasteiger partial charge in [0.25, 0.3) is 0 Å². The lowest BCUT2D eigenvalue weighted by Gasteiger charge is -2.10. The third-order valence-corrected chi connectivity index (χ3v) is 6.51. The Morgan fingerprint density at radius 2 is 1.00 bits per heavy atom. The van der Waals surface area contributed by atoms with E-state index in [0.717, 1.165) is 6.07 Å². The smallest absolute Gasteiger partial charge is 0.180 e. The Kier molecular flexibility index (Phi) is 6.83. The fourth-order valence-corrected chi connectivity index (χ4v) is 4.41. The Hall–Kier alpha value is -7.48. The van der Waals surface area contributed by atoms with Gasteiger partial charge in [0.1, 0.15) is 57.8 Å². The summed E-state index contributed by atoms with van der Waals surface area (Å²) in [6.07, 6.45) is 0. The van der Waals surface area contributed by atoms with E-state index in [4.69, 9.17) is 5.26 Å². The van der Waals surface area contributed by atoms with Crippen LogP contribution in [0.3, 0.4) is 0 Å². The SMILES string of the molecule is N#C/C(=C1/N=c2cccc(C#N)c2=N1)c1nc(/C(C#N)=C2\N=c3cccc(C#N)c3=N2)nc(-c2c(F)c(F)c(C#N)c(F)c2F)n1. The zero-order chi connectivity index (χ0) is 32.7. The first kappa shape index (κ1) is 28.6. The van der Waals surface area contributed by atoms with Crippen molar-refractivity contribution in [3.05, 3.63) is 121 Å². The van der Waals surface area contributed by atoms with Crippen LogP contribution in [0.4, 0.5) is 17.6 Å². The van der Waals surface area contributed by atoms with Gasteiger partial charge in [0, 0.05) is 0 Å². The fourth-order valence-electron chi connectivity index (χ4n) is 4.41. The van der Waals surface area contributed by atoms with Crippen LogP contribution < -0.4 is 21.4 Å². The number of nitriles is 5. The molecular weight excluding hydrogens is 604 g/mol. The molecule has 4 aromatic rings. The number of allylic oxidation sites excluding steroid dienone is 2. The summed E-state index contributed by atoms with van der Waals surface area (Å²) in [6.45, 7) is 0. The monoisotopic (exact) mass is 610 g/mol. The van der Waals surface area contributed by atoms with Crippen LogP contribution in [0.15, 0.2) is 68.0 Å². The Bertz CT molecular complexity index is 2480. The van der Waals surface area contributed by atoms with Crippen molar-refractivity contribution in [1.29, 1.82) is 26.3 Å². The molecule has 2 aliphatic heterocycles. The second-order valence-corrected chi connectivity index (χ2v) is 9.06. The van der Waals surface area contributed by atoms with Crippen LogP contribution >= 0.6 is 0 Å². The standard InChI is InChI=1S/C30H6F4N12/c31-20-14(9-37)21(32)23(34)19(22(20)33)30-45-28(15(10-38)26-40-17-5-1-3-12(7-35)24(17)42-26)44-29(46-30)16(11-39)27-41-18-6-2-4-13(8-36)25(18)43-27/h1-6H/b26-15+,27-16+. The van der Waals surface area contributed by atoms with Gasteiger partial charge < -0.3 is 0 Å². The van der Waals surface area contributed by atoms with Crippen molar-refractivity contribution in [3.8, 4) is 41.7 Å². The van der Waals surface area contributed by atoms with Gasteiger partial charge in [-0.2, -0.15) is 26.3 Å². The summed E-state index contributed by atoms with van der Waals surface area (Å²) in [5.74, 6) is -11.3. The highest BCUT2D eigenvalue weighted by atomic mass is 19.2. The lowest BCUT2D eigenvalue weighted by atomic mass is 10.1. The first-order valence-corrected chi connectivity index (χ1v) is 12.5. The average molecular weight is 610 g/mol. The molecule has 3 aromatic carbocycles. The van der Waals surface area contributed by atoms with Gasteiger partial charge >= 0.3 is 0 Å². The number of aromatic nitrogens is 3. The summed E-state index contributed by atoms with van der Waals surface area (Å²) in [5, 5.41) is 48.7. The van der Waals surface area contributed by atoms with Crippen LogP contribution in [-0.2, 0) is 0 Å². The average Bonchev–Trinajstić information content (AvgIpc) is 3.69. The van der Waals surface area contributed by atoms with Crippen molar-refractivity contribution >= 4 is 11.1 Å². The Balaban J connectivity index is 1.70. The van der Waals surface area contributed by atoms with Gasteiger partial charge in [0.05, 0.1) is 27.4 Å². The number of benzene rings is 3. The van der Waals surface area contributed by atoms with E-state index in [-0.39, 0.29) is 44.2 Å². The molecule has 2 aliphatic rings. The van der Waals surface area contributed by atoms with E-state index in [1.165, 1.54) is 36.4 Å². The van der Waals surface area contributed by atoms with Crippen molar-refractivity contribution in [3.63, 3.8) is 0 Å². The zero-order valence-corrected chi connectivity index (χ0v) is 22.3. The lowest BCUT2D eigenvalue weighted by Crippen LogP contribution is -2.24. The molecule has 46 heavy (non-hydrogen) atoms. The molecule has 0 spiro atoms. The molecule has 0 aliphatic carbocycles. The molecule has 0 saturated heterocycles. The molecule has 0 fully saturated rings. The number of para-hydroxylation sites is 2. The molecule has 0 radical (unpaired) electrons. The van der Waals surface area contributed by atoms with Crippen molar-refractivity contribution in [2.75, 3.05) is 0 Å². The van der Waals surface area contributed by atoms with Gasteiger partial charge in [-0.15, -0.1) is 0 Å². The summed E-state index contributed by atoms with van der Waals surface area (Å²) in [5.41, 5.74) is -3.89. The van der Waals surface area contributed by atoms with Crippen molar-refractivity contribution < 1.29 is 17.6 Å². The van der Waals surface area contributed by atoms with Crippen molar-refractivity contribution in [2.45, 2.75) is 0 Å². The molecule has 16 heteroatoms. The summed E-state index contributed by atoms with van der Waals surface area (Å²) in [4.78, 5) is 28.6. The number of halogens is 4. The molecular formula is C30H6F4N12. The van der Waals surface area contributed by atoms with Gasteiger partial charge in [-0.3, -0.25) is 0 Å². The first-order valence-electron chi connectivity index (χ1n) is 12.5. The van der Waals surface area contributed by atoms with Gasteiger partial charge in [-0.1, -0.05) is 12.1 Å². The largest absolute Gasteiger partial charge is 0.226 e. The van der Waals surface area contributed by atoms with Gasteiger partial charge in [0.2, 0.25) is 0 Å². The third kappa shape index (κ3) is 4.38. The number of hydrogen-bond donors (Lipinski definition) is 0. The molecule has 3 heterocycles. The summed E-state index contributed by atoms with van der Waals surface area (Å²) < 4.78 is 59.8. The minimum absolute atomic E-state index is 0.102. The molecule has 0 bridgehead atoms. The highest BCUT2D eigenvalue weighted by molar-refractivity contribution is 5.80. The molecule has 0 unspecified atom stereocenters. The van der Waals surface area contributed by atoms with Crippen LogP contribution in [-0.4, -0.2) is 15.0 Å². The first-order chi connectivity index (χ1) is 22.2. The van der Waals surface area contributed by atoms with Gasteiger partial charge in [-0.25, -0.2) is 52.5 Å². The van der Waals surface area contributed by atoms with Crippen LogP contribution in [0.1, 0.15) is 28.3 Å². The highest BCUT2D eigenvalue weighted by Gasteiger charge is 2.30. The van der Waals surface area contributed by atoms with Crippen molar-refractivity contribution in [1.82, 2.24) is 15.0 Å². The van der Waals surface area contributed by atoms with E-state index in [1.807, 2.05) is 12.1 Å². The van der Waals surface area contributed by atoms with Gasteiger partial charge in [-0.05, 0) is 24.3 Å². The highest BCUT2D eigenvalue weighted by Crippen LogP contribution is 2.32. The van der Waals surface area contributed by atoms with E-state index in [9.17, 15) is 29.8 Å². The number of rotatable bonds is 3. The van der Waals surface area contributed by atoms with Crippen LogP contribution in [0.25, 0.3) is 22.5 Å². The lowest BCUT2D eigenvalue weighted by molar-refractivity contribution is 0.453. The minimum Gasteiger partial charge on any atom is -0.226 e. The summed E-state index contributed by atoms with van der Waals surface area (Å²) >= 11 is 0. The number of nitrogens with zero attached hydrogens (tertiary/aromatic N) is 12. The van der Waals surface area contributed by atoms with E-state index < -0.39 is 63.0 Å². The Morgan fingerprint density at radius 1 is 0.543 bits per heavy atom. The molecule has 214 valence electrons. The fraction of sp³-hybridized carbons (Fsp3) is 0. The maximum Gasteiger partial charge on any atom is 0.180 e. The van der Waals surface area contributed by atoms with E-state index in [0.29, 0.717) is 0 Å². The molecule has 0 amide bonds. The predicted octanol–water partition coefficient (Wildman–Crippen LogP) is 2.00. The maximum atomic E-state index is 15.2. The summed E-state index contributed by atoms with van der Waals surface area (Å²) in [7, 11) is 0. The predicted molar refractivity (Wildman–Crippen MR) is 142 cm³/mol. The molecule has 1 aromatic heterocycles. The van der Waals surface area contributed by atoms with Crippen LogP contribution in [0, 0.1) is 79.9 Å². The molecule has 0 saturated carbocycles. The topological polar surface area (TPSA) is 207 Å². The normalized spacial score (nSPS) is 14.3. The number of hydrogen-bond acceptors (Lipinski definition) is 12. The van der Waals surface area contributed by atoms with E-state index in [2.05, 4.69) is 34.9 Å². The quantitative estimate of drug-likeness (QED) is 0.190. The Labute approximate surface area is 252 Å². The number of fused-ring (bicyclic) bond motifs is 2. The summed E-state index contributed by atoms with van der Waals surface area (Å²) in [6, 6.07) is 17.3. The molecule has 6 rings (SSSR count). The molecule has 0 atom stereocenters. The van der Waals surface area contributed by atoms with E-state index in [1.54, 1.807) is 12.1 Å². The molecule has 0 N–H and O–H groups in total. The van der Waals surface area contributed by atoms with Crippen LogP contribution in [0.2, 0.25) is 0 Å². The zero-order valence-electron chi connectivity index (χ0n) is 22.3. The Morgan fingerprint density at radius 3 is 1.39 bits per heavy atom. The third-order valence-electron chi connectivity index (χ3n) is 6.51. The minimum atomic E-state index is -2.04.